The fourth-order valence-electron chi connectivity index (χ4n) is 6.41. The van der Waals surface area contributed by atoms with Gasteiger partial charge in [0.25, 0.3) is 5.91 Å². The summed E-state index contributed by atoms with van der Waals surface area (Å²) >= 11 is 0. The lowest BCUT2D eigenvalue weighted by atomic mass is 9.87. The summed E-state index contributed by atoms with van der Waals surface area (Å²) in [6, 6.07) is 5.61. The molecule has 3 fully saturated rings. The normalized spacial score (nSPS) is 28.7. The molecule has 2 saturated heterocycles. The number of piperidine rings is 2. The Morgan fingerprint density at radius 2 is 1.82 bits per heavy atom. The van der Waals surface area contributed by atoms with Crippen molar-refractivity contribution in [1.82, 2.24) is 15.1 Å². The molecule has 3 amide bonds. The number of carbonyl (C=O) groups excluding carboxylic acids is 3. The number of nitrogens with one attached hydrogen (secondary N) is 1. The fraction of sp³-hybridized carbons (Fsp3) is 0.667. The maximum Gasteiger partial charge on any atom is 0.255 e. The monoisotopic (exact) mass is 467 g/mol. The Morgan fingerprint density at radius 3 is 2.59 bits per heavy atom. The summed E-state index contributed by atoms with van der Waals surface area (Å²) < 4.78 is 6.58. The quantitative estimate of drug-likeness (QED) is 0.646. The van der Waals surface area contributed by atoms with E-state index in [9.17, 15) is 14.4 Å². The topological polar surface area (TPSA) is 79.0 Å². The van der Waals surface area contributed by atoms with E-state index < -0.39 is 6.04 Å². The van der Waals surface area contributed by atoms with Gasteiger partial charge in [-0.1, -0.05) is 26.2 Å². The number of fused-ring (bicyclic) bond motifs is 1. The zero-order valence-corrected chi connectivity index (χ0v) is 20.3. The molecule has 184 valence electrons. The molecular weight excluding hydrogens is 430 g/mol. The lowest BCUT2D eigenvalue weighted by molar-refractivity contribution is -0.136. The molecule has 0 aromatic heterocycles. The van der Waals surface area contributed by atoms with Gasteiger partial charge in [-0.2, -0.15) is 0 Å². The van der Waals surface area contributed by atoms with Crippen molar-refractivity contribution >= 4 is 17.7 Å². The molecule has 1 saturated carbocycles. The third-order valence-electron chi connectivity index (χ3n) is 8.27. The van der Waals surface area contributed by atoms with Crippen LogP contribution in [0.25, 0.3) is 0 Å². The van der Waals surface area contributed by atoms with Gasteiger partial charge in [-0.3, -0.25) is 24.6 Å². The molecule has 3 aliphatic heterocycles. The van der Waals surface area contributed by atoms with E-state index in [-0.39, 0.29) is 30.2 Å². The van der Waals surface area contributed by atoms with Gasteiger partial charge in [0.15, 0.2) is 0 Å². The largest absolute Gasteiger partial charge is 0.489 e. The van der Waals surface area contributed by atoms with E-state index in [1.165, 1.54) is 58.0 Å². The molecular formula is C27H37N3O4. The summed E-state index contributed by atoms with van der Waals surface area (Å²) in [5.74, 6) is 0.918. The summed E-state index contributed by atoms with van der Waals surface area (Å²) in [5, 5.41) is 2.36. The Balaban J connectivity index is 1.25. The molecule has 1 N–H and O–H groups in total. The van der Waals surface area contributed by atoms with Crippen molar-refractivity contribution < 1.29 is 19.1 Å². The molecule has 0 radical (unpaired) electrons. The van der Waals surface area contributed by atoms with Gasteiger partial charge in [0.05, 0.1) is 0 Å². The molecule has 3 heterocycles. The summed E-state index contributed by atoms with van der Waals surface area (Å²) in [4.78, 5) is 41.0. The first-order valence-corrected chi connectivity index (χ1v) is 13.2. The SMILES string of the molecule is CCCC1CCN([C@@H]2CCCC[C@@H]2Oc2ccc3c(c2)CN(C2CCC(=O)NC2=O)C3=O)CC1. The van der Waals surface area contributed by atoms with Gasteiger partial charge >= 0.3 is 0 Å². The van der Waals surface area contributed by atoms with Crippen LogP contribution < -0.4 is 10.1 Å². The summed E-state index contributed by atoms with van der Waals surface area (Å²) in [6.07, 6.45) is 10.8. The molecule has 0 spiro atoms. The van der Waals surface area contributed by atoms with E-state index in [0.29, 0.717) is 24.6 Å². The van der Waals surface area contributed by atoms with Gasteiger partial charge < -0.3 is 9.64 Å². The molecule has 1 aromatic rings. The van der Waals surface area contributed by atoms with Crippen molar-refractivity contribution in [3.05, 3.63) is 29.3 Å². The van der Waals surface area contributed by atoms with Crippen molar-refractivity contribution in [2.24, 2.45) is 5.92 Å². The Labute approximate surface area is 202 Å². The Morgan fingerprint density at radius 1 is 1.03 bits per heavy atom. The van der Waals surface area contributed by atoms with Crippen molar-refractivity contribution in [2.75, 3.05) is 13.1 Å². The zero-order chi connectivity index (χ0) is 23.7. The number of benzene rings is 1. The lowest BCUT2D eigenvalue weighted by Crippen LogP contribution is -2.52. The van der Waals surface area contributed by atoms with Crippen LogP contribution in [0, 0.1) is 5.92 Å². The number of rotatable bonds is 6. The van der Waals surface area contributed by atoms with Gasteiger partial charge in [-0.15, -0.1) is 0 Å². The van der Waals surface area contributed by atoms with Gasteiger partial charge in [0, 0.05) is 24.6 Å². The minimum absolute atomic E-state index is 0.137. The molecule has 34 heavy (non-hydrogen) atoms. The first kappa shape index (κ1) is 23.3. The highest BCUT2D eigenvalue weighted by Gasteiger charge is 2.39. The number of nitrogens with zero attached hydrogens (tertiary/aromatic N) is 2. The first-order chi connectivity index (χ1) is 16.5. The third kappa shape index (κ3) is 4.72. The maximum absolute atomic E-state index is 13.0. The molecule has 5 rings (SSSR count). The van der Waals surface area contributed by atoms with Crippen LogP contribution in [0.2, 0.25) is 0 Å². The van der Waals surface area contributed by atoms with Gasteiger partial charge in [-0.25, -0.2) is 0 Å². The standard InChI is InChI=1S/C27H37N3O4/c1-2-5-18-12-14-29(15-13-18)22-6-3-4-7-24(22)34-20-8-9-21-19(16-20)17-30(27(21)33)23-10-11-25(31)28-26(23)32/h8-9,16,18,22-24H,2-7,10-15,17H2,1H3,(H,28,31,32)/t22-,23?,24+/m1/s1. The van der Waals surface area contributed by atoms with Crippen LogP contribution in [-0.2, 0) is 16.1 Å². The second-order valence-corrected chi connectivity index (χ2v) is 10.5. The number of ether oxygens (including phenoxy) is 1. The van der Waals surface area contributed by atoms with Crippen molar-refractivity contribution in [1.29, 1.82) is 0 Å². The lowest BCUT2D eigenvalue weighted by Gasteiger charge is -2.43. The van der Waals surface area contributed by atoms with Gasteiger partial charge in [-0.05, 0) is 81.3 Å². The smallest absolute Gasteiger partial charge is 0.255 e. The van der Waals surface area contributed by atoms with Crippen LogP contribution in [0.3, 0.4) is 0 Å². The molecule has 1 aliphatic carbocycles. The molecule has 7 nitrogen and oxygen atoms in total. The summed E-state index contributed by atoms with van der Waals surface area (Å²) in [7, 11) is 0. The second kappa shape index (κ2) is 10.1. The number of imide groups is 1. The molecule has 0 bridgehead atoms. The Hall–Kier alpha value is -2.41. The average molecular weight is 468 g/mol. The van der Waals surface area contributed by atoms with E-state index in [0.717, 1.165) is 23.7 Å². The molecule has 7 heteroatoms. The van der Waals surface area contributed by atoms with Crippen LogP contribution in [0.1, 0.15) is 87.1 Å². The third-order valence-corrected chi connectivity index (χ3v) is 8.27. The van der Waals surface area contributed by atoms with Crippen LogP contribution in [0.5, 0.6) is 5.75 Å². The number of carbonyl (C=O) groups is 3. The number of amides is 3. The number of likely N-dealkylation sites (tertiary alicyclic amines) is 1. The highest BCUT2D eigenvalue weighted by Crippen LogP contribution is 2.34. The number of hydrogen-bond donors (Lipinski definition) is 1. The highest BCUT2D eigenvalue weighted by molar-refractivity contribution is 6.05. The molecule has 1 unspecified atom stereocenters. The maximum atomic E-state index is 13.0. The number of hydrogen-bond acceptors (Lipinski definition) is 5. The van der Waals surface area contributed by atoms with Gasteiger partial charge in [0.2, 0.25) is 11.8 Å². The molecule has 4 aliphatic rings. The Kier molecular flexibility index (Phi) is 6.91. The minimum atomic E-state index is -0.583. The molecule has 1 aromatic carbocycles. The van der Waals surface area contributed by atoms with Crippen LogP contribution >= 0.6 is 0 Å². The average Bonchev–Trinajstić information content (AvgIpc) is 3.16. The highest BCUT2D eigenvalue weighted by atomic mass is 16.5. The second-order valence-electron chi connectivity index (χ2n) is 10.5. The first-order valence-electron chi connectivity index (χ1n) is 13.2. The van der Waals surface area contributed by atoms with Crippen molar-refractivity contribution in [3.8, 4) is 5.75 Å². The summed E-state index contributed by atoms with van der Waals surface area (Å²) in [5.41, 5.74) is 1.54. The van der Waals surface area contributed by atoms with E-state index in [2.05, 4.69) is 17.1 Å². The predicted octanol–water partition coefficient (Wildman–Crippen LogP) is 3.65. The molecule has 3 atom stereocenters. The fourth-order valence-corrected chi connectivity index (χ4v) is 6.41. The van der Waals surface area contributed by atoms with E-state index >= 15 is 0 Å². The zero-order valence-electron chi connectivity index (χ0n) is 20.3. The van der Waals surface area contributed by atoms with E-state index in [1.54, 1.807) is 4.90 Å². The van der Waals surface area contributed by atoms with Crippen LogP contribution in [-0.4, -0.2) is 58.8 Å². The summed E-state index contributed by atoms with van der Waals surface area (Å²) in [6.45, 7) is 5.02. The predicted molar refractivity (Wildman–Crippen MR) is 128 cm³/mol. The Bertz CT molecular complexity index is 940. The minimum Gasteiger partial charge on any atom is -0.489 e. The van der Waals surface area contributed by atoms with Crippen molar-refractivity contribution in [3.63, 3.8) is 0 Å². The van der Waals surface area contributed by atoms with Crippen molar-refractivity contribution in [2.45, 2.75) is 95.9 Å². The van der Waals surface area contributed by atoms with E-state index in [1.807, 2.05) is 18.2 Å². The van der Waals surface area contributed by atoms with Crippen LogP contribution in [0.4, 0.5) is 0 Å². The van der Waals surface area contributed by atoms with Gasteiger partial charge in [0.1, 0.15) is 17.9 Å². The van der Waals surface area contributed by atoms with Crippen LogP contribution in [0.15, 0.2) is 18.2 Å². The van der Waals surface area contributed by atoms with E-state index in [4.69, 9.17) is 4.74 Å².